The number of cyclic esters (lactones) is 1. The van der Waals surface area contributed by atoms with Crippen molar-refractivity contribution in [3.05, 3.63) is 36.1 Å². The van der Waals surface area contributed by atoms with Crippen molar-refractivity contribution in [3.8, 4) is 0 Å². The van der Waals surface area contributed by atoms with Gasteiger partial charge in [0.25, 0.3) is 0 Å². The van der Waals surface area contributed by atoms with Crippen LogP contribution in [0.1, 0.15) is 6.42 Å². The van der Waals surface area contributed by atoms with Crippen LogP contribution in [0.4, 0.5) is 0 Å². The Balaban J connectivity index is 1.57. The summed E-state index contributed by atoms with van der Waals surface area (Å²) in [5, 5.41) is 3.36. The number of carbonyl (C=O) groups is 1. The molecule has 0 radical (unpaired) electrons. The Kier molecular flexibility index (Phi) is 3.80. The normalized spacial score (nSPS) is 30.7. The quantitative estimate of drug-likeness (QED) is 0.771. The number of nitrogens with zero attached hydrogens (tertiary/aromatic N) is 1. The monoisotopic (exact) mass is 260 g/mol. The van der Waals surface area contributed by atoms with E-state index in [2.05, 4.69) is 22.4 Å². The number of rotatable bonds is 3. The highest BCUT2D eigenvalue weighted by Crippen LogP contribution is 2.29. The molecule has 1 N–H and O–H groups in total. The Morgan fingerprint density at radius 3 is 3.00 bits per heavy atom. The number of ether oxygens (including phenoxy) is 1. The molecule has 4 heteroatoms. The summed E-state index contributed by atoms with van der Waals surface area (Å²) < 4.78 is 4.92. The van der Waals surface area contributed by atoms with Crippen molar-refractivity contribution >= 4 is 5.97 Å². The van der Waals surface area contributed by atoms with E-state index in [4.69, 9.17) is 4.74 Å². The molecular formula is C15H20N2O2. The second-order valence-corrected chi connectivity index (χ2v) is 5.31. The van der Waals surface area contributed by atoms with Crippen molar-refractivity contribution in [1.82, 2.24) is 10.2 Å². The molecule has 3 rings (SSSR count). The van der Waals surface area contributed by atoms with E-state index in [1.165, 1.54) is 11.8 Å². The average Bonchev–Trinajstić information content (AvgIpc) is 2.46. The third-order valence-electron chi connectivity index (χ3n) is 4.02. The molecule has 1 aliphatic carbocycles. The van der Waals surface area contributed by atoms with Crippen molar-refractivity contribution in [2.75, 3.05) is 32.7 Å². The van der Waals surface area contributed by atoms with Gasteiger partial charge in [-0.15, -0.1) is 0 Å². The number of hydrogen-bond acceptors (Lipinski definition) is 4. The van der Waals surface area contributed by atoms with Crippen molar-refractivity contribution in [2.24, 2.45) is 11.8 Å². The first-order chi connectivity index (χ1) is 9.33. The lowest BCUT2D eigenvalue weighted by Crippen LogP contribution is -2.43. The molecule has 0 saturated carbocycles. The molecule has 19 heavy (non-hydrogen) atoms. The molecule has 2 aliphatic heterocycles. The van der Waals surface area contributed by atoms with E-state index in [9.17, 15) is 4.79 Å². The van der Waals surface area contributed by atoms with Gasteiger partial charge in [0.05, 0.1) is 12.2 Å². The largest absolute Gasteiger partial charge is 0.434 e. The van der Waals surface area contributed by atoms with Gasteiger partial charge in [0, 0.05) is 38.6 Å². The molecule has 4 nitrogen and oxygen atoms in total. The standard InChI is InChI=1S/C15H20N2O2/c18-15-14-2-1-12(11-13(14)4-10-19-15)3-7-17-8-5-16-6-9-17/h1-2,4,10-11,13-14,16H,3,5-9H2. The van der Waals surface area contributed by atoms with Crippen LogP contribution in [0.25, 0.3) is 0 Å². The van der Waals surface area contributed by atoms with Gasteiger partial charge in [-0.25, -0.2) is 0 Å². The van der Waals surface area contributed by atoms with Gasteiger partial charge in [0.1, 0.15) is 0 Å². The van der Waals surface area contributed by atoms with Crippen LogP contribution >= 0.6 is 0 Å². The van der Waals surface area contributed by atoms with Crippen LogP contribution < -0.4 is 5.32 Å². The van der Waals surface area contributed by atoms with E-state index in [1.54, 1.807) is 0 Å². The molecule has 102 valence electrons. The lowest BCUT2D eigenvalue weighted by atomic mass is 9.84. The van der Waals surface area contributed by atoms with E-state index < -0.39 is 0 Å². The zero-order valence-electron chi connectivity index (χ0n) is 11.0. The summed E-state index contributed by atoms with van der Waals surface area (Å²) in [5.74, 6) is -0.0710. The van der Waals surface area contributed by atoms with Crippen LogP contribution in [0.15, 0.2) is 36.1 Å². The highest BCUT2D eigenvalue weighted by molar-refractivity contribution is 5.77. The van der Waals surface area contributed by atoms with Gasteiger partial charge in [-0.05, 0) is 12.5 Å². The van der Waals surface area contributed by atoms with Gasteiger partial charge in [-0.1, -0.05) is 23.8 Å². The number of fused-ring (bicyclic) bond motifs is 1. The maximum atomic E-state index is 11.6. The predicted octanol–water partition coefficient (Wildman–Crippen LogP) is 1.08. The Morgan fingerprint density at radius 1 is 1.32 bits per heavy atom. The van der Waals surface area contributed by atoms with Crippen molar-refractivity contribution in [2.45, 2.75) is 6.42 Å². The number of allylic oxidation sites excluding steroid dienone is 3. The van der Waals surface area contributed by atoms with Gasteiger partial charge >= 0.3 is 5.97 Å². The molecule has 2 unspecified atom stereocenters. The second-order valence-electron chi connectivity index (χ2n) is 5.31. The Hall–Kier alpha value is -1.39. The van der Waals surface area contributed by atoms with Crippen LogP contribution in [0.5, 0.6) is 0 Å². The predicted molar refractivity (Wildman–Crippen MR) is 73.4 cm³/mol. The van der Waals surface area contributed by atoms with Crippen LogP contribution in [-0.4, -0.2) is 43.6 Å². The molecule has 0 bridgehead atoms. The van der Waals surface area contributed by atoms with Crippen molar-refractivity contribution in [1.29, 1.82) is 0 Å². The summed E-state index contributed by atoms with van der Waals surface area (Å²) >= 11 is 0. The lowest BCUT2D eigenvalue weighted by molar-refractivity contribution is -0.143. The smallest absolute Gasteiger partial charge is 0.318 e. The number of hydrogen-bond donors (Lipinski definition) is 1. The minimum absolute atomic E-state index is 0.118. The summed E-state index contributed by atoms with van der Waals surface area (Å²) in [6.07, 6.45) is 10.8. The van der Waals surface area contributed by atoms with Gasteiger partial charge in [0.2, 0.25) is 0 Å². The van der Waals surface area contributed by atoms with E-state index in [0.717, 1.165) is 39.1 Å². The first-order valence-electron chi connectivity index (χ1n) is 7.02. The summed E-state index contributed by atoms with van der Waals surface area (Å²) in [6, 6.07) is 0. The number of nitrogens with one attached hydrogen (secondary N) is 1. The van der Waals surface area contributed by atoms with Gasteiger partial charge in [-0.2, -0.15) is 0 Å². The first kappa shape index (κ1) is 12.6. The van der Waals surface area contributed by atoms with Crippen LogP contribution in [-0.2, 0) is 9.53 Å². The molecule has 0 aromatic heterocycles. The maximum Gasteiger partial charge on any atom is 0.318 e. The minimum Gasteiger partial charge on any atom is -0.434 e. The van der Waals surface area contributed by atoms with Gasteiger partial charge in [-0.3, -0.25) is 4.79 Å². The fourth-order valence-corrected chi connectivity index (χ4v) is 2.84. The molecule has 1 saturated heterocycles. The van der Waals surface area contributed by atoms with Gasteiger partial charge < -0.3 is 15.0 Å². The van der Waals surface area contributed by atoms with E-state index in [-0.39, 0.29) is 17.8 Å². The molecule has 0 aromatic rings. The zero-order chi connectivity index (χ0) is 13.1. The minimum atomic E-state index is -0.138. The molecule has 1 fully saturated rings. The Bertz CT molecular complexity index is 433. The first-order valence-corrected chi connectivity index (χ1v) is 7.02. The maximum absolute atomic E-state index is 11.6. The van der Waals surface area contributed by atoms with Crippen LogP contribution in [0.3, 0.4) is 0 Å². The topological polar surface area (TPSA) is 41.6 Å². The Morgan fingerprint density at radius 2 is 2.16 bits per heavy atom. The van der Waals surface area contributed by atoms with E-state index in [1.807, 2.05) is 12.2 Å². The van der Waals surface area contributed by atoms with Crippen LogP contribution in [0.2, 0.25) is 0 Å². The third-order valence-corrected chi connectivity index (χ3v) is 4.02. The highest BCUT2D eigenvalue weighted by Gasteiger charge is 2.29. The molecule has 2 heterocycles. The van der Waals surface area contributed by atoms with Crippen LogP contribution in [0, 0.1) is 11.8 Å². The van der Waals surface area contributed by atoms with Crippen molar-refractivity contribution in [3.63, 3.8) is 0 Å². The van der Waals surface area contributed by atoms with E-state index in [0.29, 0.717) is 0 Å². The third kappa shape index (κ3) is 2.96. The summed E-state index contributed by atoms with van der Waals surface area (Å²) in [6.45, 7) is 5.55. The SMILES string of the molecule is O=C1OC=CC2C=C(CCN3CCNCC3)C=CC12. The molecular weight excluding hydrogens is 240 g/mol. The fraction of sp³-hybridized carbons (Fsp3) is 0.533. The highest BCUT2D eigenvalue weighted by atomic mass is 16.5. The number of piperazine rings is 1. The summed E-state index contributed by atoms with van der Waals surface area (Å²) in [5.41, 5.74) is 1.33. The second kappa shape index (κ2) is 5.72. The lowest BCUT2D eigenvalue weighted by Gasteiger charge is -2.28. The molecule has 3 aliphatic rings. The molecule has 0 amide bonds. The molecule has 0 spiro atoms. The molecule has 0 aromatic carbocycles. The number of esters is 1. The Labute approximate surface area is 113 Å². The number of carbonyl (C=O) groups excluding carboxylic acids is 1. The summed E-state index contributed by atoms with van der Waals surface area (Å²) in [4.78, 5) is 14.1. The molecule has 2 atom stereocenters. The summed E-state index contributed by atoms with van der Waals surface area (Å²) in [7, 11) is 0. The average molecular weight is 260 g/mol. The van der Waals surface area contributed by atoms with E-state index >= 15 is 0 Å². The van der Waals surface area contributed by atoms with Gasteiger partial charge in [0.15, 0.2) is 0 Å². The fourth-order valence-electron chi connectivity index (χ4n) is 2.84. The van der Waals surface area contributed by atoms with Crippen molar-refractivity contribution < 1.29 is 9.53 Å². The zero-order valence-corrected chi connectivity index (χ0v) is 11.0.